The molecule has 0 heterocycles. The maximum absolute atomic E-state index is 12.4. The Balaban J connectivity index is 3.55. The molecule has 1 atom stereocenters. The molecule has 0 aliphatic rings. The van der Waals surface area contributed by atoms with Crippen LogP contribution in [0.25, 0.3) is 0 Å². The summed E-state index contributed by atoms with van der Waals surface area (Å²) in [6, 6.07) is 0. The van der Waals surface area contributed by atoms with Crippen LogP contribution in [0.15, 0.2) is 17.9 Å². The second-order valence-corrected chi connectivity index (χ2v) is 7.29. The lowest BCUT2D eigenvalue weighted by Gasteiger charge is -2.17. The van der Waals surface area contributed by atoms with E-state index in [2.05, 4.69) is 63.7 Å². The van der Waals surface area contributed by atoms with Crippen molar-refractivity contribution in [3.05, 3.63) is 29.0 Å². The lowest BCUT2D eigenvalue weighted by molar-refractivity contribution is 0.0325. The molecular weight excluding hydrogens is 540 g/mol. The molecule has 21 heavy (non-hydrogen) atoms. The summed E-state index contributed by atoms with van der Waals surface area (Å²) in [4.78, 5) is 24.4. The van der Waals surface area contributed by atoms with Crippen LogP contribution < -0.4 is 0 Å². The largest absolute Gasteiger partial charge is 0.465 e. The van der Waals surface area contributed by atoms with Crippen molar-refractivity contribution in [2.24, 2.45) is 0 Å². The summed E-state index contributed by atoms with van der Waals surface area (Å²) in [6.07, 6.45) is 0.423. The third-order valence-corrected chi connectivity index (χ3v) is 7.51. The lowest BCUT2D eigenvalue weighted by atomic mass is 10.1. The fourth-order valence-electron chi connectivity index (χ4n) is 1.44. The van der Waals surface area contributed by atoms with Gasteiger partial charge in [-0.2, -0.15) is 0 Å². The van der Waals surface area contributed by atoms with Crippen molar-refractivity contribution in [3.8, 4) is 0 Å². The molecule has 1 unspecified atom stereocenters. The Labute approximate surface area is 156 Å². The van der Waals surface area contributed by atoms with E-state index in [4.69, 9.17) is 9.47 Å². The minimum Gasteiger partial charge on any atom is -0.465 e. The van der Waals surface area contributed by atoms with Gasteiger partial charge in [0.15, 0.2) is 0 Å². The molecule has 0 radical (unpaired) electrons. The van der Waals surface area contributed by atoms with E-state index in [1.54, 1.807) is 6.92 Å². The monoisotopic (exact) mass is 548 g/mol. The van der Waals surface area contributed by atoms with Gasteiger partial charge in [0.2, 0.25) is 0 Å². The van der Waals surface area contributed by atoms with E-state index in [1.165, 1.54) is 7.11 Å². The highest BCUT2D eigenvalue weighted by molar-refractivity contribution is 9.15. The van der Waals surface area contributed by atoms with Crippen LogP contribution >= 0.6 is 63.7 Å². The second kappa shape index (κ2) is 8.08. The van der Waals surface area contributed by atoms with E-state index >= 15 is 0 Å². The second-order valence-electron chi connectivity index (χ2n) is 4.12. The van der Waals surface area contributed by atoms with Crippen molar-refractivity contribution in [1.29, 1.82) is 0 Å². The maximum atomic E-state index is 12.4. The SMILES string of the molecule is CCC(C)OC(=O)c1c(Br)c(Br)c(Br)c(Br)c1C(=O)OC. The van der Waals surface area contributed by atoms with Gasteiger partial charge in [-0.3, -0.25) is 0 Å². The molecule has 0 bridgehead atoms. The van der Waals surface area contributed by atoms with E-state index < -0.39 is 11.9 Å². The Morgan fingerprint density at radius 3 is 1.76 bits per heavy atom. The third-order valence-electron chi connectivity index (χ3n) is 2.74. The number of benzene rings is 1. The third kappa shape index (κ3) is 4.09. The fraction of sp³-hybridized carbons (Fsp3) is 0.385. The first-order valence-electron chi connectivity index (χ1n) is 5.91. The van der Waals surface area contributed by atoms with Gasteiger partial charge in [-0.05, 0) is 77.1 Å². The van der Waals surface area contributed by atoms with Gasteiger partial charge in [0.25, 0.3) is 0 Å². The number of carbonyl (C=O) groups excluding carboxylic acids is 2. The summed E-state index contributed by atoms with van der Waals surface area (Å²) < 4.78 is 12.1. The van der Waals surface area contributed by atoms with Crippen LogP contribution in [0.2, 0.25) is 0 Å². The van der Waals surface area contributed by atoms with Gasteiger partial charge in [-0.1, -0.05) is 6.92 Å². The normalized spacial score (nSPS) is 12.0. The van der Waals surface area contributed by atoms with Gasteiger partial charge in [0, 0.05) is 17.9 Å². The molecule has 0 aromatic heterocycles. The molecule has 1 aromatic rings. The summed E-state index contributed by atoms with van der Waals surface area (Å²) in [5.74, 6) is -1.22. The molecule has 8 heteroatoms. The van der Waals surface area contributed by atoms with Crippen molar-refractivity contribution < 1.29 is 19.1 Å². The van der Waals surface area contributed by atoms with Crippen molar-refractivity contribution in [2.75, 3.05) is 7.11 Å². The molecule has 1 aromatic carbocycles. The van der Waals surface area contributed by atoms with Gasteiger partial charge >= 0.3 is 11.9 Å². The number of esters is 2. The Morgan fingerprint density at radius 2 is 1.38 bits per heavy atom. The first-order valence-corrected chi connectivity index (χ1v) is 9.08. The number of methoxy groups -OCH3 is 1. The van der Waals surface area contributed by atoms with Crippen LogP contribution in [0.4, 0.5) is 0 Å². The Kier molecular flexibility index (Phi) is 7.36. The highest BCUT2D eigenvalue weighted by Crippen LogP contribution is 2.42. The molecule has 0 saturated carbocycles. The van der Waals surface area contributed by atoms with Gasteiger partial charge in [-0.25, -0.2) is 9.59 Å². The summed E-state index contributed by atoms with van der Waals surface area (Å²) >= 11 is 13.3. The zero-order valence-corrected chi connectivity index (χ0v) is 17.8. The molecule has 0 spiro atoms. The van der Waals surface area contributed by atoms with E-state index in [9.17, 15) is 9.59 Å². The Bertz CT molecular complexity index is 586. The van der Waals surface area contributed by atoms with E-state index in [1.807, 2.05) is 6.92 Å². The summed E-state index contributed by atoms with van der Waals surface area (Å²) in [6.45, 7) is 3.69. The number of carbonyl (C=O) groups is 2. The fourth-order valence-corrected chi connectivity index (χ4v) is 3.88. The highest BCUT2D eigenvalue weighted by Gasteiger charge is 2.30. The predicted octanol–water partition coefficient (Wildman–Crippen LogP) is 5.48. The molecule has 0 aliphatic carbocycles. The summed E-state index contributed by atoms with van der Waals surface area (Å²) in [7, 11) is 1.25. The maximum Gasteiger partial charge on any atom is 0.340 e. The van der Waals surface area contributed by atoms with Crippen LogP contribution in [0, 0.1) is 0 Å². The molecule has 1 rings (SSSR count). The predicted molar refractivity (Wildman–Crippen MR) is 93.8 cm³/mol. The Hall–Kier alpha value is 0.0800. The molecule has 0 fully saturated rings. The summed E-state index contributed by atoms with van der Waals surface area (Å²) in [5.41, 5.74) is 0.219. The van der Waals surface area contributed by atoms with Gasteiger partial charge in [0.1, 0.15) is 0 Å². The quantitative estimate of drug-likeness (QED) is 0.283. The van der Waals surface area contributed by atoms with Crippen molar-refractivity contribution in [1.82, 2.24) is 0 Å². The van der Waals surface area contributed by atoms with Crippen LogP contribution in [0.3, 0.4) is 0 Å². The van der Waals surface area contributed by atoms with E-state index in [0.29, 0.717) is 24.3 Å². The van der Waals surface area contributed by atoms with Gasteiger partial charge in [-0.15, -0.1) is 0 Å². The van der Waals surface area contributed by atoms with Crippen LogP contribution in [0.5, 0.6) is 0 Å². The van der Waals surface area contributed by atoms with Crippen molar-refractivity contribution in [2.45, 2.75) is 26.4 Å². The van der Waals surface area contributed by atoms with Crippen LogP contribution in [-0.2, 0) is 9.47 Å². The van der Waals surface area contributed by atoms with Gasteiger partial charge in [0.05, 0.1) is 24.3 Å². The zero-order chi connectivity index (χ0) is 16.3. The molecule has 116 valence electrons. The number of ether oxygens (including phenoxy) is 2. The smallest absolute Gasteiger partial charge is 0.340 e. The molecule has 0 saturated heterocycles. The lowest BCUT2D eigenvalue weighted by Crippen LogP contribution is -2.19. The number of hydrogen-bond donors (Lipinski definition) is 0. The average molecular weight is 552 g/mol. The minimum atomic E-state index is -0.633. The molecule has 0 amide bonds. The summed E-state index contributed by atoms with van der Waals surface area (Å²) in [5, 5.41) is 0. The first-order chi connectivity index (χ1) is 9.76. The molecular formula is C13H12Br4O4. The van der Waals surface area contributed by atoms with Gasteiger partial charge < -0.3 is 9.47 Å². The van der Waals surface area contributed by atoms with Crippen LogP contribution in [-0.4, -0.2) is 25.2 Å². The number of hydrogen-bond acceptors (Lipinski definition) is 4. The van der Waals surface area contributed by atoms with Crippen LogP contribution in [0.1, 0.15) is 41.0 Å². The first kappa shape index (κ1) is 19.1. The molecule has 0 aliphatic heterocycles. The standard InChI is InChI=1S/C13H12Br4O4/c1-4-5(2)21-13(19)7-6(12(18)20-3)8(14)10(16)11(17)9(7)15/h5H,4H2,1-3H3. The topological polar surface area (TPSA) is 52.6 Å². The average Bonchev–Trinajstić information content (AvgIpc) is 2.47. The molecule has 4 nitrogen and oxygen atoms in total. The minimum absolute atomic E-state index is 0.104. The van der Waals surface area contributed by atoms with E-state index in [-0.39, 0.29) is 17.2 Å². The van der Waals surface area contributed by atoms with Crippen molar-refractivity contribution in [3.63, 3.8) is 0 Å². The van der Waals surface area contributed by atoms with Crippen molar-refractivity contribution >= 4 is 75.7 Å². The highest BCUT2D eigenvalue weighted by atomic mass is 79.9. The molecule has 0 N–H and O–H groups in total. The number of rotatable bonds is 4. The number of halogens is 4. The zero-order valence-electron chi connectivity index (χ0n) is 11.4. The van der Waals surface area contributed by atoms with E-state index in [0.717, 1.165) is 0 Å². The Morgan fingerprint density at radius 1 is 0.952 bits per heavy atom.